The molecule has 0 radical (unpaired) electrons. The molecule has 0 bridgehead atoms. The third-order valence-corrected chi connectivity index (χ3v) is 3.60. The Kier molecular flexibility index (Phi) is 3.58. The molecule has 0 saturated carbocycles. The smallest absolute Gasteiger partial charge is 0.126 e. The van der Waals surface area contributed by atoms with Gasteiger partial charge in [-0.1, -0.05) is 6.92 Å². The van der Waals surface area contributed by atoms with E-state index >= 15 is 0 Å². The Bertz CT molecular complexity index is 481. The summed E-state index contributed by atoms with van der Waals surface area (Å²) in [4.78, 5) is 8.67. The van der Waals surface area contributed by atoms with E-state index in [0.717, 1.165) is 28.8 Å². The van der Waals surface area contributed by atoms with Crippen LogP contribution in [0.1, 0.15) is 23.5 Å². The Morgan fingerprint density at radius 3 is 2.94 bits per heavy atom. The van der Waals surface area contributed by atoms with Gasteiger partial charge in [-0.2, -0.15) is 0 Å². The van der Waals surface area contributed by atoms with Crippen molar-refractivity contribution in [3.05, 3.63) is 34.4 Å². The van der Waals surface area contributed by atoms with Crippen molar-refractivity contribution in [1.29, 1.82) is 0 Å². The third-order valence-electron chi connectivity index (χ3n) is 2.59. The van der Waals surface area contributed by atoms with E-state index < -0.39 is 0 Å². The molecular formula is C12H16N4S. The second-order valence-corrected chi connectivity index (χ2v) is 4.95. The van der Waals surface area contributed by atoms with Gasteiger partial charge in [0.1, 0.15) is 5.82 Å². The Morgan fingerprint density at radius 1 is 1.47 bits per heavy atom. The summed E-state index contributed by atoms with van der Waals surface area (Å²) in [6, 6.07) is 3.77. The lowest BCUT2D eigenvalue weighted by Gasteiger charge is -2.11. The predicted octanol–water partition coefficient (Wildman–Crippen LogP) is 2.64. The maximum absolute atomic E-state index is 5.72. The normalized spacial score (nSPS) is 12.4. The van der Waals surface area contributed by atoms with Gasteiger partial charge in [-0.25, -0.2) is 9.97 Å². The lowest BCUT2D eigenvalue weighted by atomic mass is 10.2. The number of anilines is 2. The summed E-state index contributed by atoms with van der Waals surface area (Å²) >= 11 is 1.68. The fourth-order valence-corrected chi connectivity index (χ4v) is 2.19. The van der Waals surface area contributed by atoms with E-state index in [-0.39, 0.29) is 0 Å². The van der Waals surface area contributed by atoms with Crippen LogP contribution in [0.4, 0.5) is 11.5 Å². The van der Waals surface area contributed by atoms with Crippen molar-refractivity contribution < 1.29 is 0 Å². The second kappa shape index (κ2) is 5.14. The molecule has 0 spiro atoms. The molecule has 2 rings (SSSR count). The molecule has 0 amide bonds. The van der Waals surface area contributed by atoms with Crippen LogP contribution in [0.5, 0.6) is 0 Å². The van der Waals surface area contributed by atoms with Gasteiger partial charge in [-0.05, 0) is 19.1 Å². The molecule has 2 aromatic heterocycles. The lowest BCUT2D eigenvalue weighted by Crippen LogP contribution is -2.11. The Balaban J connectivity index is 1.96. The zero-order valence-electron chi connectivity index (χ0n) is 9.97. The highest BCUT2D eigenvalue weighted by Gasteiger charge is 2.08. The van der Waals surface area contributed by atoms with E-state index in [2.05, 4.69) is 22.2 Å². The van der Waals surface area contributed by atoms with E-state index in [1.807, 2.05) is 30.6 Å². The molecule has 17 heavy (non-hydrogen) atoms. The second-order valence-electron chi connectivity index (χ2n) is 4.02. The van der Waals surface area contributed by atoms with Crippen molar-refractivity contribution in [2.24, 2.45) is 0 Å². The zero-order chi connectivity index (χ0) is 12.3. The van der Waals surface area contributed by atoms with Crippen molar-refractivity contribution in [2.75, 3.05) is 17.6 Å². The summed E-state index contributed by atoms with van der Waals surface area (Å²) < 4.78 is 0. The first kappa shape index (κ1) is 11.9. The molecule has 4 nitrogen and oxygen atoms in total. The summed E-state index contributed by atoms with van der Waals surface area (Å²) in [6.45, 7) is 4.88. The van der Waals surface area contributed by atoms with Gasteiger partial charge in [0.15, 0.2) is 0 Å². The van der Waals surface area contributed by atoms with E-state index in [9.17, 15) is 0 Å². The molecule has 1 atom stereocenters. The highest BCUT2D eigenvalue weighted by atomic mass is 32.1. The summed E-state index contributed by atoms with van der Waals surface area (Å²) in [5.41, 5.74) is 7.31. The van der Waals surface area contributed by atoms with Crippen LogP contribution >= 0.6 is 11.3 Å². The van der Waals surface area contributed by atoms with Crippen LogP contribution in [-0.2, 0) is 0 Å². The predicted molar refractivity (Wildman–Crippen MR) is 72.4 cm³/mol. The van der Waals surface area contributed by atoms with E-state index in [1.54, 1.807) is 11.3 Å². The number of aryl methyl sites for hydroxylation is 1. The van der Waals surface area contributed by atoms with E-state index in [0.29, 0.717) is 5.92 Å². The molecule has 1 unspecified atom stereocenters. The minimum atomic E-state index is 0.384. The van der Waals surface area contributed by atoms with Gasteiger partial charge < -0.3 is 11.1 Å². The molecule has 2 heterocycles. The van der Waals surface area contributed by atoms with Gasteiger partial charge in [0.2, 0.25) is 0 Å². The highest BCUT2D eigenvalue weighted by molar-refractivity contribution is 7.09. The first-order valence-electron chi connectivity index (χ1n) is 5.53. The van der Waals surface area contributed by atoms with E-state index in [4.69, 9.17) is 5.73 Å². The first-order chi connectivity index (χ1) is 8.16. The molecule has 0 aliphatic heterocycles. The van der Waals surface area contributed by atoms with Crippen molar-refractivity contribution in [3.63, 3.8) is 0 Å². The minimum absolute atomic E-state index is 0.384. The maximum Gasteiger partial charge on any atom is 0.126 e. The summed E-state index contributed by atoms with van der Waals surface area (Å²) in [5, 5.41) is 6.44. The van der Waals surface area contributed by atoms with Crippen molar-refractivity contribution in [1.82, 2.24) is 9.97 Å². The van der Waals surface area contributed by atoms with Gasteiger partial charge in [0.05, 0.1) is 16.4 Å². The third kappa shape index (κ3) is 2.94. The monoisotopic (exact) mass is 248 g/mol. The van der Waals surface area contributed by atoms with Gasteiger partial charge >= 0.3 is 0 Å². The summed E-state index contributed by atoms with van der Waals surface area (Å²) in [5.74, 6) is 1.25. The number of nitrogen functional groups attached to an aromatic ring is 1. The first-order valence-corrected chi connectivity index (χ1v) is 6.41. The standard InChI is InChI=1S/C12H16N4S/c1-8(12-14-5-6-17-12)7-15-11-4-3-10(13)9(2)16-11/h3-6,8H,7,13H2,1-2H3,(H,15,16). The van der Waals surface area contributed by atoms with Crippen LogP contribution in [-0.4, -0.2) is 16.5 Å². The molecule has 2 aromatic rings. The molecule has 0 fully saturated rings. The van der Waals surface area contributed by atoms with Crippen LogP contribution in [0, 0.1) is 6.92 Å². The number of thiazole rings is 1. The zero-order valence-corrected chi connectivity index (χ0v) is 10.8. The molecular weight excluding hydrogens is 232 g/mol. The van der Waals surface area contributed by atoms with Gasteiger partial charge in [0, 0.05) is 24.0 Å². The number of hydrogen-bond donors (Lipinski definition) is 2. The number of rotatable bonds is 4. The van der Waals surface area contributed by atoms with Crippen LogP contribution in [0.3, 0.4) is 0 Å². The van der Waals surface area contributed by atoms with Gasteiger partial charge in [-0.3, -0.25) is 0 Å². The Morgan fingerprint density at radius 2 is 2.29 bits per heavy atom. The molecule has 0 aromatic carbocycles. The SMILES string of the molecule is Cc1nc(NCC(C)c2nccs2)ccc1N. The van der Waals surface area contributed by atoms with Gasteiger partial charge in [0.25, 0.3) is 0 Å². The molecule has 0 aliphatic carbocycles. The Labute approximate surface area is 105 Å². The molecule has 90 valence electrons. The number of aromatic nitrogens is 2. The molecule has 3 N–H and O–H groups in total. The van der Waals surface area contributed by atoms with E-state index in [1.165, 1.54) is 0 Å². The average molecular weight is 248 g/mol. The van der Waals surface area contributed by atoms with Gasteiger partial charge in [-0.15, -0.1) is 11.3 Å². The van der Waals surface area contributed by atoms with Crippen molar-refractivity contribution >= 4 is 22.8 Å². The number of nitrogens with one attached hydrogen (secondary N) is 1. The molecule has 0 aliphatic rings. The average Bonchev–Trinajstić information content (AvgIpc) is 2.84. The van der Waals surface area contributed by atoms with Crippen LogP contribution in [0.2, 0.25) is 0 Å². The largest absolute Gasteiger partial charge is 0.397 e. The summed E-state index contributed by atoms with van der Waals surface area (Å²) in [6.07, 6.45) is 1.84. The molecule has 0 saturated heterocycles. The van der Waals surface area contributed by atoms with Crippen LogP contribution < -0.4 is 11.1 Å². The molecule has 5 heteroatoms. The van der Waals surface area contributed by atoms with Crippen LogP contribution in [0.25, 0.3) is 0 Å². The highest BCUT2D eigenvalue weighted by Crippen LogP contribution is 2.18. The van der Waals surface area contributed by atoms with Crippen molar-refractivity contribution in [3.8, 4) is 0 Å². The number of hydrogen-bond acceptors (Lipinski definition) is 5. The maximum atomic E-state index is 5.72. The fourth-order valence-electron chi connectivity index (χ4n) is 1.49. The van der Waals surface area contributed by atoms with Crippen molar-refractivity contribution in [2.45, 2.75) is 19.8 Å². The quantitative estimate of drug-likeness (QED) is 0.873. The topological polar surface area (TPSA) is 63.8 Å². The summed E-state index contributed by atoms with van der Waals surface area (Å²) in [7, 11) is 0. The number of nitrogens with two attached hydrogens (primary N) is 1. The lowest BCUT2D eigenvalue weighted by molar-refractivity contribution is 0.791. The number of nitrogens with zero attached hydrogens (tertiary/aromatic N) is 2. The minimum Gasteiger partial charge on any atom is -0.397 e. The Hall–Kier alpha value is -1.62. The fraction of sp³-hybridized carbons (Fsp3) is 0.333. The van der Waals surface area contributed by atoms with Crippen LogP contribution in [0.15, 0.2) is 23.7 Å². The number of pyridine rings is 1.